The van der Waals surface area contributed by atoms with Gasteiger partial charge in [0.05, 0.1) is 24.8 Å². The van der Waals surface area contributed by atoms with Crippen molar-refractivity contribution in [3.63, 3.8) is 0 Å². The highest BCUT2D eigenvalue weighted by Gasteiger charge is 2.33. The van der Waals surface area contributed by atoms with E-state index in [4.69, 9.17) is 9.47 Å². The number of aromatic amines is 1. The molecule has 2 heterocycles. The normalized spacial score (nSPS) is 12.0. The summed E-state index contributed by atoms with van der Waals surface area (Å²) in [6.07, 6.45) is -4.56. The Morgan fingerprint density at radius 1 is 1.07 bits per heavy atom. The summed E-state index contributed by atoms with van der Waals surface area (Å²) in [7, 11) is -1.08. The van der Waals surface area contributed by atoms with Crippen LogP contribution in [0.4, 0.5) is 18.9 Å². The molecular weight excluding hydrogens is 419 g/mol. The molecule has 0 aliphatic carbocycles. The summed E-state index contributed by atoms with van der Waals surface area (Å²) in [4.78, 5) is 0.277. The molecule has 12 heteroatoms. The lowest BCUT2D eigenvalue weighted by atomic mass is 10.3. The van der Waals surface area contributed by atoms with Crippen molar-refractivity contribution in [2.75, 3.05) is 18.9 Å². The third-order valence-electron chi connectivity index (χ3n) is 3.62. The minimum absolute atomic E-state index is 0.00453. The topological polar surface area (TPSA) is 93.3 Å². The summed E-state index contributed by atoms with van der Waals surface area (Å²) in [5.41, 5.74) is -0.764. The lowest BCUT2D eigenvalue weighted by Gasteiger charge is -2.11. The third-order valence-corrected chi connectivity index (χ3v) is 6.60. The van der Waals surface area contributed by atoms with Gasteiger partial charge in [0, 0.05) is 6.07 Å². The van der Waals surface area contributed by atoms with E-state index in [-0.39, 0.29) is 20.5 Å². The predicted molar refractivity (Wildman–Crippen MR) is 97.3 cm³/mol. The minimum Gasteiger partial charge on any atom is -0.493 e. The smallest absolute Gasteiger partial charge is 0.432 e. The quantitative estimate of drug-likeness (QED) is 0.614. The zero-order valence-electron chi connectivity index (χ0n) is 14.5. The molecule has 3 aromatic rings. The number of nitrogens with one attached hydrogen (secondary N) is 2. The predicted octanol–water partition coefficient (Wildman–Crippen LogP) is 3.98. The van der Waals surface area contributed by atoms with Gasteiger partial charge in [-0.2, -0.15) is 18.3 Å². The van der Waals surface area contributed by atoms with E-state index in [0.29, 0.717) is 11.5 Å². The van der Waals surface area contributed by atoms with E-state index < -0.39 is 21.9 Å². The van der Waals surface area contributed by atoms with Gasteiger partial charge >= 0.3 is 6.18 Å². The van der Waals surface area contributed by atoms with Crippen molar-refractivity contribution in [1.29, 1.82) is 0 Å². The van der Waals surface area contributed by atoms with Crippen LogP contribution >= 0.6 is 11.3 Å². The average Bonchev–Trinajstić information content (AvgIpc) is 3.30. The maximum atomic E-state index is 12.7. The van der Waals surface area contributed by atoms with Crippen LogP contribution in [0.2, 0.25) is 0 Å². The van der Waals surface area contributed by atoms with Gasteiger partial charge in [0.1, 0.15) is 15.6 Å². The Morgan fingerprint density at radius 3 is 2.39 bits per heavy atom. The first-order valence-electron chi connectivity index (χ1n) is 7.61. The van der Waals surface area contributed by atoms with E-state index in [0.717, 1.165) is 17.4 Å². The molecule has 0 bridgehead atoms. The van der Waals surface area contributed by atoms with Crippen LogP contribution in [0.25, 0.3) is 10.6 Å². The Kier molecular flexibility index (Phi) is 5.26. The Morgan fingerprint density at radius 2 is 1.79 bits per heavy atom. The molecule has 0 aliphatic heterocycles. The van der Waals surface area contributed by atoms with E-state index in [1.807, 2.05) is 5.10 Å². The van der Waals surface area contributed by atoms with Crippen LogP contribution in [-0.4, -0.2) is 32.8 Å². The molecule has 150 valence electrons. The average molecular weight is 433 g/mol. The van der Waals surface area contributed by atoms with Gasteiger partial charge in [0.25, 0.3) is 10.0 Å². The zero-order valence-corrected chi connectivity index (χ0v) is 16.1. The van der Waals surface area contributed by atoms with E-state index in [9.17, 15) is 21.6 Å². The second-order valence-electron chi connectivity index (χ2n) is 5.46. The number of ether oxygens (including phenoxy) is 2. The number of methoxy groups -OCH3 is 2. The number of aromatic nitrogens is 2. The van der Waals surface area contributed by atoms with E-state index in [2.05, 4.69) is 9.82 Å². The summed E-state index contributed by atoms with van der Waals surface area (Å²) in [5.74, 6) is 0.772. The molecule has 0 amide bonds. The molecule has 7 nitrogen and oxygen atoms in total. The van der Waals surface area contributed by atoms with Gasteiger partial charge in [0.2, 0.25) is 0 Å². The molecule has 0 unspecified atom stereocenters. The van der Waals surface area contributed by atoms with Gasteiger partial charge in [-0.1, -0.05) is 0 Å². The number of thiophene rings is 1. The zero-order chi connectivity index (χ0) is 20.5. The lowest BCUT2D eigenvalue weighted by molar-refractivity contribution is -0.141. The SMILES string of the molecule is COc1ccc(NS(=O)(=O)c2ccc(-c3cc(C(F)(F)F)[nH]n3)s2)cc1OC. The second kappa shape index (κ2) is 7.36. The Hall–Kier alpha value is -2.73. The first-order valence-corrected chi connectivity index (χ1v) is 9.91. The number of alkyl halides is 3. The van der Waals surface area contributed by atoms with Crippen LogP contribution in [-0.2, 0) is 16.2 Å². The lowest BCUT2D eigenvalue weighted by Crippen LogP contribution is -2.11. The van der Waals surface area contributed by atoms with Crippen molar-refractivity contribution < 1.29 is 31.1 Å². The Bertz CT molecular complexity index is 1090. The van der Waals surface area contributed by atoms with Crippen molar-refractivity contribution in [3.05, 3.63) is 42.1 Å². The van der Waals surface area contributed by atoms with Gasteiger partial charge in [-0.25, -0.2) is 8.42 Å². The van der Waals surface area contributed by atoms with Crippen LogP contribution in [0.1, 0.15) is 5.69 Å². The van der Waals surface area contributed by atoms with Gasteiger partial charge in [-0.15, -0.1) is 11.3 Å². The molecule has 0 atom stereocenters. The molecule has 3 rings (SSSR count). The largest absolute Gasteiger partial charge is 0.493 e. The van der Waals surface area contributed by atoms with E-state index in [1.165, 1.54) is 38.5 Å². The molecule has 28 heavy (non-hydrogen) atoms. The van der Waals surface area contributed by atoms with Crippen molar-refractivity contribution in [2.24, 2.45) is 0 Å². The second-order valence-corrected chi connectivity index (χ2v) is 8.45. The number of sulfonamides is 1. The molecule has 2 N–H and O–H groups in total. The number of H-pyrrole nitrogens is 1. The molecule has 0 saturated carbocycles. The van der Waals surface area contributed by atoms with Crippen molar-refractivity contribution >= 4 is 27.0 Å². The van der Waals surface area contributed by atoms with Crippen LogP contribution in [0.5, 0.6) is 11.5 Å². The number of nitrogens with zero attached hydrogens (tertiary/aromatic N) is 1. The molecule has 0 saturated heterocycles. The first-order chi connectivity index (χ1) is 13.1. The van der Waals surface area contributed by atoms with Gasteiger partial charge in [0.15, 0.2) is 11.5 Å². The van der Waals surface area contributed by atoms with Crippen LogP contribution in [0.15, 0.2) is 40.6 Å². The van der Waals surface area contributed by atoms with Crippen LogP contribution < -0.4 is 14.2 Å². The fourth-order valence-electron chi connectivity index (χ4n) is 2.30. The number of anilines is 1. The Balaban J connectivity index is 1.85. The fraction of sp³-hybridized carbons (Fsp3) is 0.188. The summed E-state index contributed by atoms with van der Waals surface area (Å²) in [6, 6.07) is 8.00. The summed E-state index contributed by atoms with van der Waals surface area (Å²) < 4.78 is 75.7. The maximum Gasteiger partial charge on any atom is 0.432 e. The summed E-state index contributed by atoms with van der Waals surface area (Å²) in [6.45, 7) is 0. The number of hydrogen-bond acceptors (Lipinski definition) is 6. The molecule has 0 aliphatic rings. The van der Waals surface area contributed by atoms with Gasteiger partial charge in [-0.05, 0) is 30.3 Å². The molecule has 1 aromatic carbocycles. The standard InChI is InChI=1S/C16H14F3N3O4S2/c1-25-11-4-3-9(7-12(11)26-2)22-28(23,24)15-6-5-13(27-15)10-8-14(21-20-10)16(17,18)19/h3-8,22H,1-2H3,(H,20,21). The third kappa shape index (κ3) is 4.07. The highest BCUT2D eigenvalue weighted by atomic mass is 32.2. The summed E-state index contributed by atoms with van der Waals surface area (Å²) >= 11 is 0.797. The number of benzene rings is 1. The molecular formula is C16H14F3N3O4S2. The minimum atomic E-state index is -4.56. The van der Waals surface area contributed by atoms with Gasteiger partial charge < -0.3 is 9.47 Å². The fourth-order valence-corrected chi connectivity index (χ4v) is 4.62. The molecule has 2 aromatic heterocycles. The number of halogens is 3. The van der Waals surface area contributed by atoms with E-state index >= 15 is 0 Å². The van der Waals surface area contributed by atoms with Crippen molar-refractivity contribution in [1.82, 2.24) is 10.2 Å². The first kappa shape index (κ1) is 20.0. The molecule has 0 spiro atoms. The molecule has 0 radical (unpaired) electrons. The van der Waals surface area contributed by atoms with Crippen molar-refractivity contribution in [3.8, 4) is 22.1 Å². The monoisotopic (exact) mass is 433 g/mol. The number of hydrogen-bond donors (Lipinski definition) is 2. The van der Waals surface area contributed by atoms with Crippen LogP contribution in [0, 0.1) is 0 Å². The summed E-state index contributed by atoms with van der Waals surface area (Å²) in [5, 5.41) is 5.49. The maximum absolute atomic E-state index is 12.7. The van der Waals surface area contributed by atoms with Crippen molar-refractivity contribution in [2.45, 2.75) is 10.4 Å². The highest BCUT2D eigenvalue weighted by Crippen LogP contribution is 2.35. The molecule has 0 fully saturated rings. The highest BCUT2D eigenvalue weighted by molar-refractivity contribution is 7.94. The van der Waals surface area contributed by atoms with E-state index in [1.54, 1.807) is 6.07 Å². The Labute approximate surface area is 162 Å². The van der Waals surface area contributed by atoms with Crippen LogP contribution in [0.3, 0.4) is 0 Å². The van der Waals surface area contributed by atoms with Gasteiger partial charge in [-0.3, -0.25) is 9.82 Å². The number of rotatable bonds is 6.